The van der Waals surface area contributed by atoms with Gasteiger partial charge in [-0.15, -0.1) is 0 Å². The van der Waals surface area contributed by atoms with Crippen LogP contribution in [0.4, 0.5) is 0 Å². The third kappa shape index (κ3) is 2.92. The molecule has 1 aromatic carbocycles. The Morgan fingerprint density at radius 2 is 2.20 bits per heavy atom. The van der Waals surface area contributed by atoms with Gasteiger partial charge in [0.15, 0.2) is 0 Å². The van der Waals surface area contributed by atoms with Gasteiger partial charge in [-0.2, -0.15) is 0 Å². The Hall–Kier alpha value is -2.04. The molecule has 20 heavy (non-hydrogen) atoms. The number of methoxy groups -OCH3 is 1. The fraction of sp³-hybridized carbons (Fsp3) is 0.467. The predicted molar refractivity (Wildman–Crippen MR) is 73.8 cm³/mol. The number of nitrogens with zero attached hydrogens (tertiary/aromatic N) is 1. The number of carbonyl (C=O) groups excluding carboxylic acids is 1. The van der Waals surface area contributed by atoms with Crippen LogP contribution in [0, 0.1) is 6.92 Å². The minimum atomic E-state index is -0.919. The minimum Gasteiger partial charge on any atom is -0.496 e. The number of hydrogen-bond donors (Lipinski definition) is 1. The Labute approximate surface area is 118 Å². The second kappa shape index (κ2) is 5.94. The van der Waals surface area contributed by atoms with E-state index in [0.717, 1.165) is 23.3 Å². The first-order valence-corrected chi connectivity index (χ1v) is 6.68. The topological polar surface area (TPSA) is 66.8 Å². The molecule has 1 unspecified atom stereocenters. The van der Waals surface area contributed by atoms with E-state index in [4.69, 9.17) is 9.84 Å². The van der Waals surface area contributed by atoms with E-state index in [2.05, 4.69) is 0 Å². The van der Waals surface area contributed by atoms with E-state index in [1.807, 2.05) is 25.1 Å². The molecule has 1 saturated heterocycles. The molecule has 2 rings (SSSR count). The molecule has 5 heteroatoms. The van der Waals surface area contributed by atoms with Gasteiger partial charge in [-0.1, -0.05) is 12.1 Å². The second-order valence-electron chi connectivity index (χ2n) is 5.06. The van der Waals surface area contributed by atoms with Crippen LogP contribution in [0.2, 0.25) is 0 Å². The first-order valence-electron chi connectivity index (χ1n) is 6.68. The SMILES string of the molecule is COc1cc(CC(=O)N2CCCC2C(=O)O)ccc1C. The van der Waals surface area contributed by atoms with E-state index >= 15 is 0 Å². The largest absolute Gasteiger partial charge is 0.496 e. The van der Waals surface area contributed by atoms with Crippen LogP contribution in [0.3, 0.4) is 0 Å². The lowest BCUT2D eigenvalue weighted by atomic mass is 10.1. The highest BCUT2D eigenvalue weighted by atomic mass is 16.5. The van der Waals surface area contributed by atoms with Gasteiger partial charge in [-0.25, -0.2) is 4.79 Å². The van der Waals surface area contributed by atoms with Crippen molar-refractivity contribution in [2.45, 2.75) is 32.2 Å². The molecular weight excluding hydrogens is 258 g/mol. The van der Waals surface area contributed by atoms with Crippen molar-refractivity contribution in [1.29, 1.82) is 0 Å². The van der Waals surface area contributed by atoms with Crippen molar-refractivity contribution >= 4 is 11.9 Å². The number of ether oxygens (including phenoxy) is 1. The summed E-state index contributed by atoms with van der Waals surface area (Å²) in [5.41, 5.74) is 1.85. The molecule has 1 amide bonds. The lowest BCUT2D eigenvalue weighted by molar-refractivity contribution is -0.148. The zero-order valence-electron chi connectivity index (χ0n) is 11.8. The van der Waals surface area contributed by atoms with Crippen LogP contribution in [0.15, 0.2) is 18.2 Å². The van der Waals surface area contributed by atoms with E-state index in [-0.39, 0.29) is 12.3 Å². The standard InChI is InChI=1S/C15H19NO4/c1-10-5-6-11(8-13(10)20-2)9-14(17)16-7-3-4-12(16)15(18)19/h5-6,8,12H,3-4,7,9H2,1-2H3,(H,18,19). The quantitative estimate of drug-likeness (QED) is 0.908. The molecule has 0 spiro atoms. The number of likely N-dealkylation sites (tertiary alicyclic amines) is 1. The van der Waals surface area contributed by atoms with Gasteiger partial charge in [-0.05, 0) is 37.0 Å². The summed E-state index contributed by atoms with van der Waals surface area (Å²) in [6.45, 7) is 2.46. The first kappa shape index (κ1) is 14.4. The van der Waals surface area contributed by atoms with Crippen molar-refractivity contribution in [2.75, 3.05) is 13.7 Å². The number of rotatable bonds is 4. The fourth-order valence-corrected chi connectivity index (χ4v) is 2.57. The number of carboxylic acid groups (broad SMARTS) is 1. The Morgan fingerprint density at radius 3 is 2.85 bits per heavy atom. The van der Waals surface area contributed by atoms with Crippen molar-refractivity contribution < 1.29 is 19.4 Å². The summed E-state index contributed by atoms with van der Waals surface area (Å²) < 4.78 is 5.23. The third-order valence-corrected chi connectivity index (χ3v) is 3.69. The van der Waals surface area contributed by atoms with Crippen LogP contribution >= 0.6 is 0 Å². The zero-order valence-corrected chi connectivity index (χ0v) is 11.8. The molecule has 0 saturated carbocycles. The van der Waals surface area contributed by atoms with Gasteiger partial charge in [0, 0.05) is 6.54 Å². The molecule has 0 radical (unpaired) electrons. The van der Waals surface area contributed by atoms with E-state index in [0.29, 0.717) is 13.0 Å². The van der Waals surface area contributed by atoms with E-state index < -0.39 is 12.0 Å². The fourth-order valence-electron chi connectivity index (χ4n) is 2.57. The highest BCUT2D eigenvalue weighted by Gasteiger charge is 2.33. The molecule has 108 valence electrons. The highest BCUT2D eigenvalue weighted by molar-refractivity contribution is 5.85. The Balaban J connectivity index is 2.09. The molecule has 1 aromatic rings. The van der Waals surface area contributed by atoms with E-state index in [1.54, 1.807) is 7.11 Å². The van der Waals surface area contributed by atoms with Crippen LogP contribution in [-0.4, -0.2) is 41.6 Å². The van der Waals surface area contributed by atoms with Gasteiger partial charge in [0.2, 0.25) is 5.91 Å². The summed E-state index contributed by atoms with van der Waals surface area (Å²) >= 11 is 0. The van der Waals surface area contributed by atoms with Crippen molar-refractivity contribution in [3.8, 4) is 5.75 Å². The van der Waals surface area contributed by atoms with Gasteiger partial charge < -0.3 is 14.7 Å². The number of carboxylic acids is 1. The summed E-state index contributed by atoms with van der Waals surface area (Å²) in [6, 6.07) is 4.94. The maximum Gasteiger partial charge on any atom is 0.326 e. The normalized spacial score (nSPS) is 18.1. The van der Waals surface area contributed by atoms with Gasteiger partial charge in [0.05, 0.1) is 13.5 Å². The molecule has 0 aromatic heterocycles. The van der Waals surface area contributed by atoms with Crippen molar-refractivity contribution in [3.05, 3.63) is 29.3 Å². The lowest BCUT2D eigenvalue weighted by Gasteiger charge is -2.21. The van der Waals surface area contributed by atoms with Gasteiger partial charge in [-0.3, -0.25) is 4.79 Å². The molecule has 0 bridgehead atoms. The molecule has 1 N–H and O–H groups in total. The number of aliphatic carboxylic acids is 1. The monoisotopic (exact) mass is 277 g/mol. The summed E-state index contributed by atoms with van der Waals surface area (Å²) in [7, 11) is 1.59. The van der Waals surface area contributed by atoms with Gasteiger partial charge in [0.25, 0.3) is 0 Å². The van der Waals surface area contributed by atoms with E-state index in [1.165, 1.54) is 4.90 Å². The molecule has 1 heterocycles. The summed E-state index contributed by atoms with van der Waals surface area (Å²) in [6.07, 6.45) is 1.50. The zero-order chi connectivity index (χ0) is 14.7. The maximum absolute atomic E-state index is 12.2. The van der Waals surface area contributed by atoms with Crippen LogP contribution in [-0.2, 0) is 16.0 Å². The van der Waals surface area contributed by atoms with Crippen LogP contribution in [0.5, 0.6) is 5.75 Å². The lowest BCUT2D eigenvalue weighted by Crippen LogP contribution is -2.41. The number of benzene rings is 1. The van der Waals surface area contributed by atoms with Crippen molar-refractivity contribution in [1.82, 2.24) is 4.90 Å². The molecule has 0 aliphatic carbocycles. The molecule has 1 aliphatic rings. The van der Waals surface area contributed by atoms with Crippen LogP contribution in [0.1, 0.15) is 24.0 Å². The Kier molecular flexibility index (Phi) is 4.27. The third-order valence-electron chi connectivity index (χ3n) is 3.69. The number of amides is 1. The number of carbonyl (C=O) groups is 2. The first-order chi connectivity index (χ1) is 9.52. The molecule has 1 aliphatic heterocycles. The minimum absolute atomic E-state index is 0.138. The summed E-state index contributed by atoms with van der Waals surface area (Å²) in [4.78, 5) is 24.8. The van der Waals surface area contributed by atoms with Crippen LogP contribution < -0.4 is 4.74 Å². The smallest absolute Gasteiger partial charge is 0.326 e. The Morgan fingerprint density at radius 1 is 1.45 bits per heavy atom. The number of aryl methyl sites for hydroxylation is 1. The Bertz CT molecular complexity index is 527. The average molecular weight is 277 g/mol. The van der Waals surface area contributed by atoms with Gasteiger partial charge >= 0.3 is 5.97 Å². The average Bonchev–Trinajstić information content (AvgIpc) is 2.90. The molecule has 5 nitrogen and oxygen atoms in total. The maximum atomic E-state index is 12.2. The predicted octanol–water partition coefficient (Wildman–Crippen LogP) is 1.62. The van der Waals surface area contributed by atoms with Crippen LogP contribution in [0.25, 0.3) is 0 Å². The molecule has 1 fully saturated rings. The second-order valence-corrected chi connectivity index (χ2v) is 5.06. The number of hydrogen-bond acceptors (Lipinski definition) is 3. The van der Waals surface area contributed by atoms with Crippen molar-refractivity contribution in [3.63, 3.8) is 0 Å². The highest BCUT2D eigenvalue weighted by Crippen LogP contribution is 2.22. The van der Waals surface area contributed by atoms with E-state index in [9.17, 15) is 9.59 Å². The summed E-state index contributed by atoms with van der Waals surface area (Å²) in [5.74, 6) is -0.315. The van der Waals surface area contributed by atoms with Gasteiger partial charge in [0.1, 0.15) is 11.8 Å². The molecule has 1 atom stereocenters. The van der Waals surface area contributed by atoms with Crippen molar-refractivity contribution in [2.24, 2.45) is 0 Å². The molecular formula is C15H19NO4. The summed E-state index contributed by atoms with van der Waals surface area (Å²) in [5, 5.41) is 9.10.